The SMILES string of the molecule is COc1cc(/C=C/C(=O)C(C(=O)/C=C/c2ccc(OC(C)=O)c(OC)c2)C(NC(C)=O)c2ccccc2)ccc1OC(C)=O. The molecule has 0 saturated heterocycles. The van der Waals surface area contributed by atoms with Crippen molar-refractivity contribution in [2.45, 2.75) is 26.8 Å². The van der Waals surface area contributed by atoms with Crippen LogP contribution in [0.25, 0.3) is 12.2 Å². The lowest BCUT2D eigenvalue weighted by molar-refractivity contribution is -0.132. The molecule has 228 valence electrons. The summed E-state index contributed by atoms with van der Waals surface area (Å²) in [5, 5.41) is 2.76. The maximum absolute atomic E-state index is 13.7. The van der Waals surface area contributed by atoms with Gasteiger partial charge in [-0.15, -0.1) is 0 Å². The molecule has 44 heavy (non-hydrogen) atoms. The van der Waals surface area contributed by atoms with Crippen LogP contribution in [0.15, 0.2) is 78.9 Å². The summed E-state index contributed by atoms with van der Waals surface area (Å²) in [5.74, 6) is -2.90. The number of rotatable bonds is 13. The normalized spacial score (nSPS) is 11.7. The molecule has 0 bridgehead atoms. The van der Waals surface area contributed by atoms with Crippen LogP contribution in [0.5, 0.6) is 23.0 Å². The van der Waals surface area contributed by atoms with Gasteiger partial charge in [0.2, 0.25) is 5.91 Å². The Bertz CT molecular complexity index is 1500. The van der Waals surface area contributed by atoms with E-state index in [-0.39, 0.29) is 23.0 Å². The van der Waals surface area contributed by atoms with Crippen LogP contribution in [0.2, 0.25) is 0 Å². The number of ketones is 2. The number of carbonyl (C=O) groups excluding carboxylic acids is 5. The molecular formula is C34H33NO9. The van der Waals surface area contributed by atoms with Crippen molar-refractivity contribution in [2.24, 2.45) is 5.92 Å². The zero-order valence-electron chi connectivity index (χ0n) is 25.0. The quantitative estimate of drug-likeness (QED) is 0.126. The van der Waals surface area contributed by atoms with Crippen molar-refractivity contribution in [2.75, 3.05) is 14.2 Å². The third-order valence-corrected chi connectivity index (χ3v) is 6.23. The molecule has 0 aromatic heterocycles. The van der Waals surface area contributed by atoms with Crippen molar-refractivity contribution in [1.29, 1.82) is 0 Å². The molecule has 0 spiro atoms. The average Bonchev–Trinajstić information content (AvgIpc) is 2.99. The fourth-order valence-corrected chi connectivity index (χ4v) is 4.33. The molecule has 0 aliphatic carbocycles. The van der Waals surface area contributed by atoms with Crippen LogP contribution in [-0.2, 0) is 24.0 Å². The van der Waals surface area contributed by atoms with Gasteiger partial charge in [-0.05, 0) is 53.1 Å². The summed E-state index contributed by atoms with van der Waals surface area (Å²) in [5.41, 5.74) is 1.66. The summed E-state index contributed by atoms with van der Waals surface area (Å²) in [6.07, 6.45) is 5.51. The summed E-state index contributed by atoms with van der Waals surface area (Å²) in [4.78, 5) is 62.4. The van der Waals surface area contributed by atoms with E-state index in [1.165, 1.54) is 71.4 Å². The van der Waals surface area contributed by atoms with Crippen LogP contribution in [0, 0.1) is 5.92 Å². The number of esters is 2. The zero-order valence-corrected chi connectivity index (χ0v) is 25.0. The monoisotopic (exact) mass is 599 g/mol. The minimum absolute atomic E-state index is 0.217. The number of benzene rings is 3. The molecule has 10 heteroatoms. The molecule has 0 aliphatic heterocycles. The predicted octanol–water partition coefficient (Wildman–Crippen LogP) is 4.91. The number of allylic oxidation sites excluding steroid dienone is 2. The Morgan fingerprint density at radius 1 is 0.636 bits per heavy atom. The van der Waals surface area contributed by atoms with Gasteiger partial charge in [-0.1, -0.05) is 54.6 Å². The molecule has 1 unspecified atom stereocenters. The van der Waals surface area contributed by atoms with Crippen molar-refractivity contribution in [3.8, 4) is 23.0 Å². The first kappa shape index (κ1) is 33.0. The second-order valence-electron chi connectivity index (χ2n) is 9.55. The van der Waals surface area contributed by atoms with Crippen LogP contribution < -0.4 is 24.3 Å². The topological polar surface area (TPSA) is 134 Å². The second kappa shape index (κ2) is 15.6. The van der Waals surface area contributed by atoms with E-state index in [1.807, 2.05) is 0 Å². The molecule has 10 nitrogen and oxygen atoms in total. The molecule has 3 rings (SSSR count). The number of amides is 1. The third-order valence-electron chi connectivity index (χ3n) is 6.23. The Kier molecular flexibility index (Phi) is 11.7. The first-order valence-corrected chi connectivity index (χ1v) is 13.5. The highest BCUT2D eigenvalue weighted by atomic mass is 16.6. The van der Waals surface area contributed by atoms with E-state index in [0.29, 0.717) is 16.7 Å². The Hall–Kier alpha value is -5.51. The molecule has 3 aromatic carbocycles. The van der Waals surface area contributed by atoms with Crippen LogP contribution in [0.4, 0.5) is 0 Å². The zero-order chi connectivity index (χ0) is 32.2. The van der Waals surface area contributed by atoms with E-state index in [1.54, 1.807) is 54.6 Å². The fraction of sp³-hybridized carbons (Fsp3) is 0.206. The largest absolute Gasteiger partial charge is 0.493 e. The van der Waals surface area contributed by atoms with Gasteiger partial charge in [-0.2, -0.15) is 0 Å². The number of hydrogen-bond donors (Lipinski definition) is 1. The summed E-state index contributed by atoms with van der Waals surface area (Å²) in [6, 6.07) is 17.2. The molecule has 0 aliphatic rings. The van der Waals surface area contributed by atoms with E-state index in [0.717, 1.165) is 0 Å². The molecule has 0 fully saturated rings. The summed E-state index contributed by atoms with van der Waals surface area (Å²) in [7, 11) is 2.83. The predicted molar refractivity (Wildman–Crippen MR) is 163 cm³/mol. The molecule has 0 saturated carbocycles. The van der Waals surface area contributed by atoms with Gasteiger partial charge in [-0.3, -0.25) is 24.0 Å². The Morgan fingerprint density at radius 2 is 1.09 bits per heavy atom. The van der Waals surface area contributed by atoms with Gasteiger partial charge in [-0.25, -0.2) is 0 Å². The lowest BCUT2D eigenvalue weighted by Gasteiger charge is -2.25. The van der Waals surface area contributed by atoms with Gasteiger partial charge in [0, 0.05) is 20.8 Å². The van der Waals surface area contributed by atoms with Crippen molar-refractivity contribution in [1.82, 2.24) is 5.32 Å². The number of ether oxygens (including phenoxy) is 4. The van der Waals surface area contributed by atoms with Crippen LogP contribution >= 0.6 is 0 Å². The van der Waals surface area contributed by atoms with Gasteiger partial charge >= 0.3 is 11.9 Å². The average molecular weight is 600 g/mol. The smallest absolute Gasteiger partial charge is 0.308 e. The standard InChI is InChI=1S/C34H33NO9/c1-21(36)35-34(26-9-7-6-8-10-26)33(27(39)15-11-24-13-17-29(43-22(2)37)31(19-24)41-4)28(40)16-12-25-14-18-30(44-23(3)38)32(20-25)42-5/h6-20,33-34H,1-5H3,(H,35,36)/b15-11+,16-12+. The Morgan fingerprint density at radius 3 is 1.48 bits per heavy atom. The maximum atomic E-state index is 13.7. The molecular weight excluding hydrogens is 566 g/mol. The maximum Gasteiger partial charge on any atom is 0.308 e. The van der Waals surface area contributed by atoms with Crippen LogP contribution in [0.1, 0.15) is 43.5 Å². The Balaban J connectivity index is 1.99. The Labute approximate surface area is 255 Å². The van der Waals surface area contributed by atoms with E-state index < -0.39 is 41.4 Å². The molecule has 0 radical (unpaired) electrons. The lowest BCUT2D eigenvalue weighted by atomic mass is 9.85. The van der Waals surface area contributed by atoms with Gasteiger partial charge in [0.05, 0.1) is 20.3 Å². The van der Waals surface area contributed by atoms with Crippen LogP contribution in [-0.4, -0.2) is 43.6 Å². The molecule has 1 atom stereocenters. The fourth-order valence-electron chi connectivity index (χ4n) is 4.33. The van der Waals surface area contributed by atoms with Crippen molar-refractivity contribution in [3.63, 3.8) is 0 Å². The van der Waals surface area contributed by atoms with Crippen molar-refractivity contribution < 1.29 is 42.9 Å². The highest BCUT2D eigenvalue weighted by Gasteiger charge is 2.34. The number of nitrogens with one attached hydrogen (secondary N) is 1. The van der Waals surface area contributed by atoms with E-state index >= 15 is 0 Å². The van der Waals surface area contributed by atoms with E-state index in [4.69, 9.17) is 18.9 Å². The van der Waals surface area contributed by atoms with E-state index in [2.05, 4.69) is 5.32 Å². The molecule has 1 N–H and O–H groups in total. The minimum atomic E-state index is -1.32. The lowest BCUT2D eigenvalue weighted by Crippen LogP contribution is -2.39. The first-order chi connectivity index (χ1) is 21.0. The van der Waals surface area contributed by atoms with Gasteiger partial charge in [0.25, 0.3) is 0 Å². The second-order valence-corrected chi connectivity index (χ2v) is 9.55. The summed E-state index contributed by atoms with van der Waals surface area (Å²) in [6.45, 7) is 3.84. The third kappa shape index (κ3) is 9.25. The molecule has 1 amide bonds. The van der Waals surface area contributed by atoms with Gasteiger partial charge in [0.1, 0.15) is 5.92 Å². The van der Waals surface area contributed by atoms with Gasteiger partial charge < -0.3 is 24.3 Å². The van der Waals surface area contributed by atoms with E-state index in [9.17, 15) is 24.0 Å². The van der Waals surface area contributed by atoms with Crippen molar-refractivity contribution in [3.05, 3.63) is 95.6 Å². The highest BCUT2D eigenvalue weighted by molar-refractivity contribution is 6.14. The summed E-state index contributed by atoms with van der Waals surface area (Å²) >= 11 is 0. The van der Waals surface area contributed by atoms with Crippen LogP contribution in [0.3, 0.4) is 0 Å². The number of methoxy groups -OCH3 is 2. The minimum Gasteiger partial charge on any atom is -0.493 e. The first-order valence-electron chi connectivity index (χ1n) is 13.5. The molecule has 0 heterocycles. The summed E-state index contributed by atoms with van der Waals surface area (Å²) < 4.78 is 20.8. The van der Waals surface area contributed by atoms with Crippen molar-refractivity contribution >= 4 is 41.6 Å². The molecule has 3 aromatic rings. The number of carbonyl (C=O) groups is 5. The highest BCUT2D eigenvalue weighted by Crippen LogP contribution is 2.31. The number of hydrogen-bond acceptors (Lipinski definition) is 9. The van der Waals surface area contributed by atoms with Gasteiger partial charge in [0.15, 0.2) is 34.6 Å².